The minimum atomic E-state index is -0.200. The monoisotopic (exact) mass is 351 g/mol. The number of ether oxygens (including phenoxy) is 2. The van der Waals surface area contributed by atoms with E-state index in [0.29, 0.717) is 23.5 Å². The van der Waals surface area contributed by atoms with Crippen LogP contribution in [0.2, 0.25) is 0 Å². The van der Waals surface area contributed by atoms with Gasteiger partial charge in [-0.25, -0.2) is 4.39 Å². The van der Waals surface area contributed by atoms with Crippen LogP contribution in [0.4, 0.5) is 4.39 Å². The summed E-state index contributed by atoms with van der Waals surface area (Å²) >= 11 is 0. The highest BCUT2D eigenvalue weighted by Crippen LogP contribution is 2.33. The van der Waals surface area contributed by atoms with E-state index in [1.54, 1.807) is 26.5 Å². The molecule has 0 fully saturated rings. The highest BCUT2D eigenvalue weighted by molar-refractivity contribution is 5.86. The van der Waals surface area contributed by atoms with Gasteiger partial charge >= 0.3 is 0 Å². The van der Waals surface area contributed by atoms with Crippen molar-refractivity contribution >= 4 is 16.5 Å². The van der Waals surface area contributed by atoms with Crippen molar-refractivity contribution in [1.29, 1.82) is 0 Å². The third-order valence-electron chi connectivity index (χ3n) is 4.66. The Balaban J connectivity index is 2.04. The van der Waals surface area contributed by atoms with Gasteiger partial charge in [0, 0.05) is 24.1 Å². The van der Waals surface area contributed by atoms with Crippen LogP contribution >= 0.6 is 0 Å². The Kier molecular flexibility index (Phi) is 5.21. The second kappa shape index (κ2) is 7.56. The Labute approximate surface area is 153 Å². The van der Waals surface area contributed by atoms with Crippen molar-refractivity contribution < 1.29 is 13.9 Å². The van der Waals surface area contributed by atoms with Crippen molar-refractivity contribution in [3.63, 3.8) is 0 Å². The lowest BCUT2D eigenvalue weighted by Gasteiger charge is -2.12. The zero-order valence-corrected chi connectivity index (χ0v) is 15.5. The van der Waals surface area contributed by atoms with E-state index in [1.165, 1.54) is 0 Å². The molecule has 134 valence electrons. The number of pyridine rings is 1. The molecule has 3 rings (SSSR count). The highest BCUT2D eigenvalue weighted by atomic mass is 19.1. The third kappa shape index (κ3) is 3.40. The van der Waals surface area contributed by atoms with Crippen molar-refractivity contribution in [2.24, 2.45) is 0 Å². The second-order valence-corrected chi connectivity index (χ2v) is 6.15. The molecule has 0 saturated heterocycles. The van der Waals surface area contributed by atoms with Crippen molar-refractivity contribution in [3.8, 4) is 11.5 Å². The van der Waals surface area contributed by atoms with Crippen LogP contribution < -0.4 is 9.47 Å². The number of hydrogen-bond acceptors (Lipinski definition) is 3. The van der Waals surface area contributed by atoms with Gasteiger partial charge in [0.15, 0.2) is 11.5 Å². The van der Waals surface area contributed by atoms with Gasteiger partial charge in [-0.15, -0.1) is 0 Å². The van der Waals surface area contributed by atoms with Crippen LogP contribution in [-0.2, 0) is 6.42 Å². The number of fused-ring (bicyclic) bond motifs is 1. The van der Waals surface area contributed by atoms with Gasteiger partial charge in [0.2, 0.25) is 0 Å². The molecule has 0 atom stereocenters. The maximum absolute atomic E-state index is 14.6. The number of methoxy groups -OCH3 is 2. The van der Waals surface area contributed by atoms with Gasteiger partial charge in [0.25, 0.3) is 0 Å². The van der Waals surface area contributed by atoms with Gasteiger partial charge in [-0.1, -0.05) is 18.2 Å². The fraction of sp³-hybridized carbons (Fsp3) is 0.227. The fourth-order valence-electron chi connectivity index (χ4n) is 2.99. The molecule has 0 N–H and O–H groups in total. The van der Waals surface area contributed by atoms with Gasteiger partial charge in [0.1, 0.15) is 5.82 Å². The molecule has 0 amide bonds. The second-order valence-electron chi connectivity index (χ2n) is 6.15. The van der Waals surface area contributed by atoms with E-state index in [2.05, 4.69) is 4.98 Å². The van der Waals surface area contributed by atoms with Crippen LogP contribution in [0, 0.1) is 5.82 Å². The first-order chi connectivity index (χ1) is 12.6. The van der Waals surface area contributed by atoms with Crippen LogP contribution in [0.1, 0.15) is 30.5 Å². The first kappa shape index (κ1) is 17.9. The Morgan fingerprint density at radius 3 is 2.42 bits per heavy atom. The standard InChI is InChI=1S/C22H22FNO2/c1-5-14(2)15-6-7-17(19(23)11-15)10-16-8-9-24-20-13-22(26-4)21(25-3)12-18(16)20/h5-9,11-13H,10H2,1-4H3/b14-5+. The molecule has 0 unspecified atom stereocenters. The van der Waals surface area contributed by atoms with Crippen molar-refractivity contribution in [2.75, 3.05) is 14.2 Å². The van der Waals surface area contributed by atoms with Gasteiger partial charge in [0.05, 0.1) is 19.7 Å². The molecule has 0 saturated carbocycles. The summed E-state index contributed by atoms with van der Waals surface area (Å²) < 4.78 is 25.3. The number of nitrogens with zero attached hydrogens (tertiary/aromatic N) is 1. The molecule has 3 aromatic rings. The molecule has 0 aliphatic rings. The number of halogens is 1. The number of hydrogen-bond donors (Lipinski definition) is 0. The van der Waals surface area contributed by atoms with Crippen molar-refractivity contribution in [1.82, 2.24) is 4.98 Å². The van der Waals surface area contributed by atoms with E-state index in [4.69, 9.17) is 9.47 Å². The quantitative estimate of drug-likeness (QED) is 0.616. The lowest BCUT2D eigenvalue weighted by molar-refractivity contribution is 0.356. The third-order valence-corrected chi connectivity index (χ3v) is 4.66. The largest absolute Gasteiger partial charge is 0.493 e. The van der Waals surface area contributed by atoms with Gasteiger partial charge in [-0.2, -0.15) is 0 Å². The molecule has 0 aliphatic heterocycles. The van der Waals surface area contributed by atoms with Crippen molar-refractivity contribution in [2.45, 2.75) is 20.3 Å². The van der Waals surface area contributed by atoms with E-state index in [0.717, 1.165) is 27.6 Å². The maximum Gasteiger partial charge on any atom is 0.162 e. The number of benzene rings is 2. The Morgan fingerprint density at radius 1 is 1.04 bits per heavy atom. The van der Waals surface area contributed by atoms with Gasteiger partial charge < -0.3 is 9.47 Å². The molecule has 0 spiro atoms. The first-order valence-corrected chi connectivity index (χ1v) is 8.48. The summed E-state index contributed by atoms with van der Waals surface area (Å²) in [4.78, 5) is 4.40. The van der Waals surface area contributed by atoms with E-state index in [9.17, 15) is 4.39 Å². The summed E-state index contributed by atoms with van der Waals surface area (Å²) in [6.45, 7) is 3.93. The number of aromatic nitrogens is 1. The van der Waals surface area contributed by atoms with Crippen molar-refractivity contribution in [3.05, 3.63) is 71.2 Å². The maximum atomic E-state index is 14.6. The normalized spacial score (nSPS) is 11.7. The lowest BCUT2D eigenvalue weighted by atomic mass is 9.98. The summed E-state index contributed by atoms with van der Waals surface area (Å²) in [5.41, 5.74) is 4.40. The fourth-order valence-corrected chi connectivity index (χ4v) is 2.99. The summed E-state index contributed by atoms with van der Waals surface area (Å²) in [5, 5.41) is 0.929. The molecule has 0 aliphatic carbocycles. The summed E-state index contributed by atoms with van der Waals surface area (Å²) in [6.07, 6.45) is 4.19. The minimum absolute atomic E-state index is 0.200. The molecular weight excluding hydrogens is 329 g/mol. The van der Waals surface area contributed by atoms with Crippen LogP contribution in [0.5, 0.6) is 11.5 Å². The summed E-state index contributed by atoms with van der Waals surface area (Å²) in [5.74, 6) is 1.06. The average molecular weight is 351 g/mol. The molecule has 0 radical (unpaired) electrons. The first-order valence-electron chi connectivity index (χ1n) is 8.48. The Hall–Kier alpha value is -2.88. The predicted molar refractivity (Wildman–Crippen MR) is 103 cm³/mol. The molecule has 0 bridgehead atoms. The molecule has 1 heterocycles. The summed E-state index contributed by atoms with van der Waals surface area (Å²) in [7, 11) is 3.19. The molecule has 3 nitrogen and oxygen atoms in total. The molecule has 2 aromatic carbocycles. The van der Waals surface area contributed by atoms with Gasteiger partial charge in [-0.05, 0) is 54.3 Å². The summed E-state index contributed by atoms with van der Waals surface area (Å²) in [6, 6.07) is 11.1. The minimum Gasteiger partial charge on any atom is -0.493 e. The lowest BCUT2D eigenvalue weighted by Crippen LogP contribution is -1.97. The SMILES string of the molecule is C/C=C(\C)c1ccc(Cc2ccnc3cc(OC)c(OC)cc23)c(F)c1. The molecule has 26 heavy (non-hydrogen) atoms. The molecule has 4 heteroatoms. The van der Waals surface area contributed by atoms with Crippen LogP contribution in [0.15, 0.2) is 48.7 Å². The highest BCUT2D eigenvalue weighted by Gasteiger charge is 2.12. The number of allylic oxidation sites excluding steroid dienone is 2. The molecular formula is C22H22FNO2. The van der Waals surface area contributed by atoms with E-state index >= 15 is 0 Å². The van der Waals surface area contributed by atoms with E-state index < -0.39 is 0 Å². The predicted octanol–water partition coefficient (Wildman–Crippen LogP) is 5.41. The number of rotatable bonds is 5. The zero-order chi connectivity index (χ0) is 18.7. The van der Waals surface area contributed by atoms with Gasteiger partial charge in [-0.3, -0.25) is 4.98 Å². The van der Waals surface area contributed by atoms with Crippen LogP contribution in [-0.4, -0.2) is 19.2 Å². The topological polar surface area (TPSA) is 31.4 Å². The Morgan fingerprint density at radius 2 is 1.77 bits per heavy atom. The van der Waals surface area contributed by atoms with E-state index in [-0.39, 0.29) is 5.82 Å². The average Bonchev–Trinajstić information content (AvgIpc) is 2.67. The molecule has 1 aromatic heterocycles. The Bertz CT molecular complexity index is 979. The zero-order valence-electron chi connectivity index (χ0n) is 15.5. The van der Waals surface area contributed by atoms with Crippen LogP contribution in [0.25, 0.3) is 16.5 Å². The van der Waals surface area contributed by atoms with Crippen LogP contribution in [0.3, 0.4) is 0 Å². The van der Waals surface area contributed by atoms with E-state index in [1.807, 2.05) is 50.3 Å². The smallest absolute Gasteiger partial charge is 0.162 e.